The molecule has 0 fully saturated rings. The van der Waals surface area contributed by atoms with E-state index in [4.69, 9.17) is 17.9 Å². The van der Waals surface area contributed by atoms with Gasteiger partial charge in [0, 0.05) is 79.4 Å². The Morgan fingerprint density at radius 2 is 1.09 bits per heavy atom. The number of ether oxygens (including phenoxy) is 1. The maximum absolute atomic E-state index is 9.25. The summed E-state index contributed by atoms with van der Waals surface area (Å²) in [5, 5.41) is 4.15. The number of benzene rings is 10. The molecule has 0 atom stereocenters. The first kappa shape index (κ1) is 36.7. The molecule has 0 saturated heterocycles. The number of fused-ring (bicyclic) bond motifs is 7. The Labute approximate surface area is 466 Å². The Hall–Kier alpha value is -10.2. The maximum Gasteiger partial charge on any atom is 0.269 e. The number of rotatable bonds is 11. The predicted octanol–water partition coefficient (Wildman–Crippen LogP) is 16.2. The van der Waals surface area contributed by atoms with Crippen LogP contribution in [0.3, 0.4) is 0 Å². The van der Waals surface area contributed by atoms with Crippen LogP contribution < -0.4 is 19.1 Å². The molecule has 0 aliphatic carbocycles. The Morgan fingerprint density at radius 3 is 1.78 bits per heavy atom. The lowest BCUT2D eigenvalue weighted by Crippen LogP contribution is -2.31. The zero-order valence-corrected chi connectivity index (χ0v) is 42.9. The van der Waals surface area contributed by atoms with Gasteiger partial charge in [0.2, 0.25) is 0 Å². The molecule has 8 nitrogen and oxygen atoms in total. The van der Waals surface area contributed by atoms with Gasteiger partial charge in [0.25, 0.3) is 6.33 Å². The third-order valence-corrected chi connectivity index (χ3v) is 14.5. The van der Waals surface area contributed by atoms with Gasteiger partial charge in [-0.3, -0.25) is 13.7 Å². The van der Waals surface area contributed by atoms with Crippen LogP contribution in [0, 0.1) is 6.33 Å². The minimum Gasteiger partial charge on any atom is -0.456 e. The van der Waals surface area contributed by atoms with Crippen molar-refractivity contribution in [3.63, 3.8) is 0 Å². The van der Waals surface area contributed by atoms with E-state index < -0.39 is 60.4 Å². The number of imidazole rings is 1. The van der Waals surface area contributed by atoms with Crippen molar-refractivity contribution in [3.8, 4) is 67.8 Å². The number of nitrogens with zero attached hydrogens (tertiary/aromatic N) is 7. The van der Waals surface area contributed by atoms with Crippen molar-refractivity contribution >= 4 is 66.0 Å². The number of para-hydroxylation sites is 3. The van der Waals surface area contributed by atoms with Crippen LogP contribution in [0.4, 0.5) is 11.4 Å². The van der Waals surface area contributed by atoms with Crippen molar-refractivity contribution < 1.29 is 23.0 Å². The molecule has 4 aromatic heterocycles. The molecule has 78 heavy (non-hydrogen) atoms. The van der Waals surface area contributed by atoms with Crippen molar-refractivity contribution in [2.45, 2.75) is 0 Å². The summed E-state index contributed by atoms with van der Waals surface area (Å²) in [6.07, 6.45) is 5.39. The lowest BCUT2D eigenvalue weighted by atomic mass is 9.95. The van der Waals surface area contributed by atoms with Gasteiger partial charge in [0.1, 0.15) is 11.6 Å². The number of anilines is 2. The van der Waals surface area contributed by atoms with Gasteiger partial charge >= 0.3 is 0 Å². The van der Waals surface area contributed by atoms with Gasteiger partial charge in [-0.15, -0.1) is 0 Å². The SMILES string of the molecule is [2H]c1c([2H])c([2H])c(-c2cccc(-c3c([2H])c([2H])c([2H])c([2H])c3[2H])c2-[n+]2[c-]n(-c3cccc(Oc4cc5c(cc4-n4c6ccccc6c6ccccc64)c4cc(-c6ccccc6)ccc4n5-c4cc(N(C)C)ccn4)c3)c3ccc(N(C)C)cc32)c([2H])c1[2H]. The molecule has 0 aliphatic heterocycles. The van der Waals surface area contributed by atoms with Crippen LogP contribution in [0.25, 0.3) is 111 Å². The van der Waals surface area contributed by atoms with E-state index in [9.17, 15) is 5.48 Å². The molecular weight excluding hydrogens is 955 g/mol. The number of pyridine rings is 1. The first-order chi connectivity index (χ1) is 42.5. The second-order valence-corrected chi connectivity index (χ2v) is 19.5. The Balaban J connectivity index is 1.02. The van der Waals surface area contributed by atoms with E-state index in [2.05, 4.69) is 105 Å². The predicted molar refractivity (Wildman–Crippen MR) is 322 cm³/mol. The molecule has 0 radical (unpaired) electrons. The molecule has 0 aliphatic rings. The fourth-order valence-electron chi connectivity index (χ4n) is 10.8. The average Bonchev–Trinajstić information content (AvgIpc) is 3.34. The van der Waals surface area contributed by atoms with E-state index >= 15 is 0 Å². The molecule has 0 N–H and O–H groups in total. The zero-order chi connectivity index (χ0) is 61.1. The van der Waals surface area contributed by atoms with E-state index in [1.165, 1.54) is 0 Å². The molecule has 14 aromatic rings. The molecule has 0 spiro atoms. The summed E-state index contributed by atoms with van der Waals surface area (Å²) in [7, 11) is 7.82. The molecule has 14 rings (SSSR count). The summed E-state index contributed by atoms with van der Waals surface area (Å²) in [5.74, 6) is 1.72. The standard InChI is InChI=1S/C70H53N7O/c1-72(2)51-35-37-64-66(42-51)75(70-55(48-22-10-6-11-23-48)30-19-31-56(70)49-24-12-7-13-25-49)46-74(64)53-26-18-27-54(41-53)78-68-45-65-60(44-67(68)76-61-32-16-14-28-57(61)58-29-15-17-33-62(58)76)59-40-50(47-20-8-5-9-21-47)34-36-63(59)77(65)69-43-52(73(3)4)38-39-71-69/h5-45H,1-4H3/i6D,7D,10D,11D,12D,13D,22D,23D,24D,25D. The molecule has 0 saturated carbocycles. The molecule has 8 heteroatoms. The smallest absolute Gasteiger partial charge is 0.269 e. The van der Waals surface area contributed by atoms with Gasteiger partial charge in [0.15, 0.2) is 5.75 Å². The highest BCUT2D eigenvalue weighted by atomic mass is 16.5. The van der Waals surface area contributed by atoms with Gasteiger partial charge < -0.3 is 19.1 Å². The van der Waals surface area contributed by atoms with Crippen LogP contribution in [0.1, 0.15) is 13.7 Å². The second kappa shape index (κ2) is 18.9. The highest BCUT2D eigenvalue weighted by Crippen LogP contribution is 2.44. The van der Waals surface area contributed by atoms with E-state index in [0.29, 0.717) is 28.2 Å². The third-order valence-electron chi connectivity index (χ3n) is 14.5. The second-order valence-electron chi connectivity index (χ2n) is 19.5. The Morgan fingerprint density at radius 1 is 0.474 bits per heavy atom. The monoisotopic (exact) mass is 1020 g/mol. The zero-order valence-electron chi connectivity index (χ0n) is 52.9. The first-order valence-electron chi connectivity index (χ1n) is 30.5. The fraction of sp³-hybridized carbons (Fsp3) is 0.0571. The van der Waals surface area contributed by atoms with Crippen LogP contribution in [0.2, 0.25) is 0 Å². The van der Waals surface area contributed by atoms with Gasteiger partial charge in [0.05, 0.1) is 63.9 Å². The normalized spacial score (nSPS) is 13.4. The maximum atomic E-state index is 9.25. The van der Waals surface area contributed by atoms with Crippen molar-refractivity contribution in [1.29, 1.82) is 0 Å². The van der Waals surface area contributed by atoms with Crippen LogP contribution in [-0.2, 0) is 0 Å². The summed E-state index contributed by atoms with van der Waals surface area (Å²) < 4.78 is 104. The topological polar surface area (TPSA) is 47.3 Å². The van der Waals surface area contributed by atoms with Gasteiger partial charge in [-0.2, -0.15) is 0 Å². The lowest BCUT2D eigenvalue weighted by molar-refractivity contribution is -0.571. The van der Waals surface area contributed by atoms with Crippen molar-refractivity contribution in [2.24, 2.45) is 0 Å². The van der Waals surface area contributed by atoms with Crippen molar-refractivity contribution in [1.82, 2.24) is 18.7 Å². The fourth-order valence-corrected chi connectivity index (χ4v) is 10.8. The number of hydrogen-bond acceptors (Lipinski definition) is 4. The Kier molecular flexibility index (Phi) is 8.89. The average molecular weight is 1020 g/mol. The number of aromatic nitrogens is 5. The minimum atomic E-state index is -0.579. The van der Waals surface area contributed by atoms with Gasteiger partial charge in [-0.25, -0.2) is 4.98 Å². The van der Waals surface area contributed by atoms with Crippen LogP contribution in [0.15, 0.2) is 249 Å². The summed E-state index contributed by atoms with van der Waals surface area (Å²) in [4.78, 5) is 8.98. The summed E-state index contributed by atoms with van der Waals surface area (Å²) in [6.45, 7) is 0. The van der Waals surface area contributed by atoms with E-state index in [-0.39, 0.29) is 27.9 Å². The lowest BCUT2D eigenvalue weighted by Gasteiger charge is -2.18. The Bertz CT molecular complexity index is 5030. The van der Waals surface area contributed by atoms with E-state index in [1.54, 1.807) is 22.8 Å². The molecule has 0 amide bonds. The van der Waals surface area contributed by atoms with E-state index in [0.717, 1.165) is 77.6 Å². The number of hydrogen-bond donors (Lipinski definition) is 0. The van der Waals surface area contributed by atoms with Crippen LogP contribution >= 0.6 is 0 Å². The first-order valence-corrected chi connectivity index (χ1v) is 25.5. The van der Waals surface area contributed by atoms with Crippen molar-refractivity contribution in [3.05, 3.63) is 255 Å². The van der Waals surface area contributed by atoms with E-state index in [1.807, 2.05) is 123 Å². The minimum absolute atomic E-state index is 0.138. The molecule has 0 unspecified atom stereocenters. The molecule has 374 valence electrons. The summed E-state index contributed by atoms with van der Waals surface area (Å²) >= 11 is 0. The quantitative estimate of drug-likeness (QED) is 0.0957. The van der Waals surface area contributed by atoms with Crippen LogP contribution in [-0.4, -0.2) is 46.9 Å². The highest BCUT2D eigenvalue weighted by molar-refractivity contribution is 6.13. The third kappa shape index (κ3) is 7.84. The highest BCUT2D eigenvalue weighted by Gasteiger charge is 2.24. The summed E-state index contributed by atoms with van der Waals surface area (Å²) in [5.41, 5.74) is 10.3. The van der Waals surface area contributed by atoms with Gasteiger partial charge in [-0.05, 0) is 100 Å². The van der Waals surface area contributed by atoms with Gasteiger partial charge in [-0.1, -0.05) is 164 Å². The summed E-state index contributed by atoms with van der Waals surface area (Å²) in [6, 6.07) is 54.9. The van der Waals surface area contributed by atoms with Crippen molar-refractivity contribution in [2.75, 3.05) is 38.0 Å². The largest absolute Gasteiger partial charge is 0.456 e. The molecule has 10 aromatic carbocycles. The van der Waals surface area contributed by atoms with Crippen LogP contribution in [0.5, 0.6) is 11.5 Å². The molecule has 4 heterocycles. The molecule has 0 bridgehead atoms. The molecular formula is C70H53N7O.